The summed E-state index contributed by atoms with van der Waals surface area (Å²) >= 11 is 5.65. The largest absolute Gasteiger partial charge is 0.480 e. The van der Waals surface area contributed by atoms with Crippen LogP contribution < -0.4 is 10.2 Å². The van der Waals surface area contributed by atoms with Crippen molar-refractivity contribution in [2.75, 3.05) is 29.5 Å². The van der Waals surface area contributed by atoms with E-state index in [0.29, 0.717) is 17.3 Å². The molecular formula is C19H30N2O3S2. The van der Waals surface area contributed by atoms with Gasteiger partial charge in [0.2, 0.25) is 5.91 Å². The fourth-order valence-electron chi connectivity index (χ4n) is 2.29. The van der Waals surface area contributed by atoms with Crippen molar-refractivity contribution < 1.29 is 14.7 Å². The van der Waals surface area contributed by atoms with Gasteiger partial charge in [-0.05, 0) is 31.5 Å². The van der Waals surface area contributed by atoms with Gasteiger partial charge in [-0.2, -0.15) is 24.4 Å². The second-order valence-corrected chi connectivity index (χ2v) is 8.11. The predicted molar refractivity (Wildman–Crippen MR) is 113 cm³/mol. The van der Waals surface area contributed by atoms with Gasteiger partial charge in [-0.15, -0.1) is 0 Å². The Morgan fingerprint density at radius 1 is 1.23 bits per heavy atom. The Balaban J connectivity index is 2.58. The zero-order valence-electron chi connectivity index (χ0n) is 16.0. The summed E-state index contributed by atoms with van der Waals surface area (Å²) in [5.74, 6) is 0.0779. The highest BCUT2D eigenvalue weighted by atomic mass is 32.2. The minimum atomic E-state index is -1.02. The average molecular weight is 399 g/mol. The summed E-state index contributed by atoms with van der Waals surface area (Å²) in [7, 11) is 0. The molecule has 0 radical (unpaired) electrons. The molecule has 1 atom stereocenters. The fraction of sp³-hybridized carbons (Fsp3) is 0.579. The number of carbonyl (C=O) groups is 2. The predicted octanol–water partition coefficient (Wildman–Crippen LogP) is 3.29. The molecule has 0 heterocycles. The number of carboxylic acids is 1. The van der Waals surface area contributed by atoms with Gasteiger partial charge in [0.05, 0.1) is 5.41 Å². The van der Waals surface area contributed by atoms with E-state index in [2.05, 4.69) is 61.0 Å². The lowest BCUT2D eigenvalue weighted by Crippen LogP contribution is -2.48. The molecule has 26 heavy (non-hydrogen) atoms. The lowest BCUT2D eigenvalue weighted by atomic mass is 9.95. The number of hydrogen-bond donors (Lipinski definition) is 3. The Bertz CT molecular complexity index is 587. The quantitative estimate of drug-likeness (QED) is 0.499. The summed E-state index contributed by atoms with van der Waals surface area (Å²) < 4.78 is 0. The number of thioether (sulfide) groups is 1. The molecule has 1 aromatic carbocycles. The first-order chi connectivity index (χ1) is 12.2. The van der Waals surface area contributed by atoms with Gasteiger partial charge < -0.3 is 15.3 Å². The first-order valence-corrected chi connectivity index (χ1v) is 10.6. The van der Waals surface area contributed by atoms with Gasteiger partial charge in [0, 0.05) is 36.0 Å². The number of aliphatic carboxylic acids is 1. The van der Waals surface area contributed by atoms with Gasteiger partial charge in [-0.1, -0.05) is 26.0 Å². The zero-order chi connectivity index (χ0) is 19.7. The SMILES string of the molecule is CCN(CC)c1ccc(CSCC(NC(=O)C(C)(C)CS)C(=O)O)cc1. The number of anilines is 1. The number of hydrogen-bond acceptors (Lipinski definition) is 5. The van der Waals surface area contributed by atoms with E-state index in [1.54, 1.807) is 13.8 Å². The number of carbonyl (C=O) groups excluding carboxylic acids is 1. The van der Waals surface area contributed by atoms with Crippen LogP contribution in [-0.2, 0) is 15.3 Å². The van der Waals surface area contributed by atoms with E-state index >= 15 is 0 Å². The summed E-state index contributed by atoms with van der Waals surface area (Å²) in [6, 6.07) is 7.42. The van der Waals surface area contributed by atoms with E-state index in [1.165, 1.54) is 17.4 Å². The third-order valence-electron chi connectivity index (χ3n) is 4.23. The molecule has 1 unspecified atom stereocenters. The third kappa shape index (κ3) is 6.76. The number of rotatable bonds is 11. The Kier molecular flexibility index (Phi) is 9.36. The van der Waals surface area contributed by atoms with Gasteiger partial charge in [-0.3, -0.25) is 4.79 Å². The Labute approximate surface area is 166 Å². The maximum Gasteiger partial charge on any atom is 0.327 e. The number of carboxylic acid groups (broad SMARTS) is 1. The van der Waals surface area contributed by atoms with Crippen molar-refractivity contribution in [1.82, 2.24) is 5.32 Å². The van der Waals surface area contributed by atoms with Gasteiger partial charge >= 0.3 is 5.97 Å². The molecule has 0 saturated heterocycles. The minimum absolute atomic E-state index is 0.288. The highest BCUT2D eigenvalue weighted by molar-refractivity contribution is 7.98. The van der Waals surface area contributed by atoms with Crippen molar-refractivity contribution in [3.63, 3.8) is 0 Å². The number of thiol groups is 1. The van der Waals surface area contributed by atoms with Crippen LogP contribution in [0.5, 0.6) is 0 Å². The third-order valence-corrected chi connectivity index (χ3v) is 6.13. The molecule has 7 heteroatoms. The van der Waals surface area contributed by atoms with E-state index in [1.807, 2.05) is 0 Å². The van der Waals surface area contributed by atoms with Crippen LogP contribution in [0.4, 0.5) is 5.69 Å². The van der Waals surface area contributed by atoms with Crippen LogP contribution in [0.15, 0.2) is 24.3 Å². The van der Waals surface area contributed by atoms with Crippen molar-refractivity contribution in [2.45, 2.75) is 39.5 Å². The fourth-order valence-corrected chi connectivity index (χ4v) is 3.44. The maximum absolute atomic E-state index is 12.2. The number of benzene rings is 1. The van der Waals surface area contributed by atoms with E-state index < -0.39 is 17.4 Å². The second kappa shape index (κ2) is 10.7. The van der Waals surface area contributed by atoms with Crippen LogP contribution >= 0.6 is 24.4 Å². The molecular weight excluding hydrogens is 368 g/mol. The van der Waals surface area contributed by atoms with Gasteiger partial charge in [0.15, 0.2) is 0 Å². The molecule has 0 saturated carbocycles. The molecule has 0 aliphatic heterocycles. The van der Waals surface area contributed by atoms with Crippen LogP contribution in [0.2, 0.25) is 0 Å². The molecule has 2 N–H and O–H groups in total. The van der Waals surface area contributed by atoms with Crippen LogP contribution in [0.25, 0.3) is 0 Å². The summed E-state index contributed by atoms with van der Waals surface area (Å²) in [5, 5.41) is 12.0. The summed E-state index contributed by atoms with van der Waals surface area (Å²) in [4.78, 5) is 25.9. The second-order valence-electron chi connectivity index (χ2n) is 6.76. The summed E-state index contributed by atoms with van der Waals surface area (Å²) in [5.41, 5.74) is 1.63. The number of nitrogens with zero attached hydrogens (tertiary/aromatic N) is 1. The highest BCUT2D eigenvalue weighted by Crippen LogP contribution is 2.20. The van der Waals surface area contributed by atoms with E-state index in [4.69, 9.17) is 0 Å². The molecule has 0 bridgehead atoms. The first kappa shape index (κ1) is 22.7. The monoisotopic (exact) mass is 398 g/mol. The van der Waals surface area contributed by atoms with Crippen molar-refractivity contribution in [3.8, 4) is 0 Å². The molecule has 0 aliphatic rings. The topological polar surface area (TPSA) is 69.6 Å². The van der Waals surface area contributed by atoms with E-state index in [0.717, 1.165) is 18.7 Å². The first-order valence-electron chi connectivity index (χ1n) is 8.81. The van der Waals surface area contributed by atoms with Gasteiger partial charge in [-0.25, -0.2) is 4.79 Å². The Morgan fingerprint density at radius 3 is 2.27 bits per heavy atom. The molecule has 1 rings (SSSR count). The van der Waals surface area contributed by atoms with Crippen LogP contribution in [0, 0.1) is 5.41 Å². The summed E-state index contributed by atoms with van der Waals surface area (Å²) in [6.45, 7) is 9.68. The normalized spacial score (nSPS) is 12.5. The van der Waals surface area contributed by atoms with Gasteiger partial charge in [0.1, 0.15) is 6.04 Å². The Hall–Kier alpha value is -1.34. The molecule has 0 aliphatic carbocycles. The molecule has 5 nitrogen and oxygen atoms in total. The molecule has 146 valence electrons. The van der Waals surface area contributed by atoms with E-state index in [-0.39, 0.29) is 5.91 Å². The molecule has 0 spiro atoms. The Morgan fingerprint density at radius 2 is 1.81 bits per heavy atom. The van der Waals surface area contributed by atoms with Crippen LogP contribution in [-0.4, -0.2) is 47.6 Å². The van der Waals surface area contributed by atoms with Crippen LogP contribution in [0.3, 0.4) is 0 Å². The maximum atomic E-state index is 12.2. The average Bonchev–Trinajstić information content (AvgIpc) is 2.62. The lowest BCUT2D eigenvalue weighted by Gasteiger charge is -2.24. The van der Waals surface area contributed by atoms with E-state index in [9.17, 15) is 14.7 Å². The highest BCUT2D eigenvalue weighted by Gasteiger charge is 2.30. The smallest absolute Gasteiger partial charge is 0.327 e. The minimum Gasteiger partial charge on any atom is -0.480 e. The molecule has 0 aromatic heterocycles. The summed E-state index contributed by atoms with van der Waals surface area (Å²) in [6.07, 6.45) is 0. The van der Waals surface area contributed by atoms with Crippen LogP contribution in [0.1, 0.15) is 33.3 Å². The number of amides is 1. The molecule has 1 aromatic rings. The molecule has 0 fully saturated rings. The van der Waals surface area contributed by atoms with Gasteiger partial charge in [0.25, 0.3) is 0 Å². The lowest BCUT2D eigenvalue weighted by molar-refractivity contribution is -0.142. The van der Waals surface area contributed by atoms with Crippen molar-refractivity contribution in [2.24, 2.45) is 5.41 Å². The zero-order valence-corrected chi connectivity index (χ0v) is 17.7. The standard InChI is InChI=1S/C19H30N2O3S2/c1-5-21(6-2)15-9-7-14(8-10-15)11-26-12-16(17(22)23)20-18(24)19(3,4)13-25/h7-10,16,25H,5-6,11-13H2,1-4H3,(H,20,24)(H,22,23). The van der Waals surface area contributed by atoms with Crippen molar-refractivity contribution in [3.05, 3.63) is 29.8 Å². The molecule has 1 amide bonds. The van der Waals surface area contributed by atoms with Crippen molar-refractivity contribution in [1.29, 1.82) is 0 Å². The number of nitrogens with one attached hydrogen (secondary N) is 1. The van der Waals surface area contributed by atoms with Crippen molar-refractivity contribution >= 4 is 42.0 Å².